The zero-order chi connectivity index (χ0) is 31.9. The largest absolute Gasteiger partial charge is 0.455 e. The minimum atomic E-state index is 0.882. The van der Waals surface area contributed by atoms with Gasteiger partial charge in [0, 0.05) is 22.1 Å². The van der Waals surface area contributed by atoms with Crippen LogP contribution in [0.1, 0.15) is 0 Å². The normalized spacial score (nSPS) is 11.3. The van der Waals surface area contributed by atoms with E-state index >= 15 is 0 Å². The molecule has 226 valence electrons. The molecule has 0 fully saturated rings. The van der Waals surface area contributed by atoms with Crippen molar-refractivity contribution in [2.24, 2.45) is 0 Å². The van der Waals surface area contributed by atoms with E-state index in [0.29, 0.717) is 0 Å². The van der Waals surface area contributed by atoms with Crippen LogP contribution in [-0.4, -0.2) is 0 Å². The Balaban J connectivity index is 1.30. The first kappa shape index (κ1) is 27.9. The molecule has 8 aromatic carbocycles. The highest BCUT2D eigenvalue weighted by atomic mass is 16.3. The van der Waals surface area contributed by atoms with Crippen molar-refractivity contribution in [3.63, 3.8) is 0 Å². The molecule has 2 heteroatoms. The van der Waals surface area contributed by atoms with Crippen molar-refractivity contribution in [2.45, 2.75) is 0 Å². The average molecular weight is 614 g/mol. The van der Waals surface area contributed by atoms with Crippen LogP contribution in [0.5, 0.6) is 0 Å². The maximum atomic E-state index is 6.70. The fourth-order valence-corrected chi connectivity index (χ4v) is 6.88. The van der Waals surface area contributed by atoms with E-state index in [1.165, 1.54) is 33.4 Å². The van der Waals surface area contributed by atoms with Gasteiger partial charge in [-0.1, -0.05) is 140 Å². The van der Waals surface area contributed by atoms with E-state index in [2.05, 4.69) is 187 Å². The van der Waals surface area contributed by atoms with Crippen LogP contribution >= 0.6 is 0 Å². The predicted octanol–water partition coefficient (Wildman–Crippen LogP) is 13.2. The van der Waals surface area contributed by atoms with Gasteiger partial charge < -0.3 is 9.32 Å². The van der Waals surface area contributed by atoms with Crippen molar-refractivity contribution in [3.05, 3.63) is 188 Å². The van der Waals surface area contributed by atoms with E-state index in [1.54, 1.807) is 0 Å². The van der Waals surface area contributed by atoms with Crippen LogP contribution in [0.25, 0.3) is 66.1 Å². The average Bonchev–Trinajstić information content (AvgIpc) is 3.57. The van der Waals surface area contributed by atoms with Gasteiger partial charge in [0.2, 0.25) is 0 Å². The van der Waals surface area contributed by atoms with Crippen LogP contribution < -0.4 is 4.90 Å². The lowest BCUT2D eigenvalue weighted by Crippen LogP contribution is -2.10. The molecule has 0 aliphatic carbocycles. The summed E-state index contributed by atoms with van der Waals surface area (Å²) in [4.78, 5) is 2.38. The number of fused-ring (bicyclic) bond motifs is 5. The Bertz CT molecular complexity index is 2430. The molecular formula is C46H31NO. The first-order valence-electron chi connectivity index (χ1n) is 16.3. The van der Waals surface area contributed by atoms with Crippen LogP contribution in [0.2, 0.25) is 0 Å². The molecule has 0 radical (unpaired) electrons. The summed E-state index contributed by atoms with van der Waals surface area (Å²) in [6.07, 6.45) is 0. The molecule has 0 unspecified atom stereocenters. The summed E-state index contributed by atoms with van der Waals surface area (Å²) in [7, 11) is 0. The van der Waals surface area contributed by atoms with Gasteiger partial charge in [-0.2, -0.15) is 0 Å². The second-order valence-electron chi connectivity index (χ2n) is 12.2. The van der Waals surface area contributed by atoms with Gasteiger partial charge in [0.25, 0.3) is 0 Å². The molecule has 48 heavy (non-hydrogen) atoms. The van der Waals surface area contributed by atoms with Gasteiger partial charge in [0.1, 0.15) is 11.2 Å². The van der Waals surface area contributed by atoms with Crippen LogP contribution in [0.3, 0.4) is 0 Å². The molecule has 0 N–H and O–H groups in total. The molecular weight excluding hydrogens is 583 g/mol. The third-order valence-electron chi connectivity index (χ3n) is 9.25. The molecule has 0 atom stereocenters. The SMILES string of the molecule is c1ccc(-c2ccc(N(c3ccc(-c4ccccc4)cc3)c3cc4cc(-c5ccccc5)ccc4c4oc5ccccc5c34)cc2)cc1. The van der Waals surface area contributed by atoms with E-state index in [1.807, 2.05) is 6.07 Å². The third-order valence-corrected chi connectivity index (χ3v) is 9.25. The van der Waals surface area contributed by atoms with Gasteiger partial charge in [0.15, 0.2) is 0 Å². The van der Waals surface area contributed by atoms with E-state index in [4.69, 9.17) is 4.42 Å². The van der Waals surface area contributed by atoms with Crippen LogP contribution in [0.4, 0.5) is 17.1 Å². The van der Waals surface area contributed by atoms with Crippen molar-refractivity contribution in [1.82, 2.24) is 0 Å². The Kier molecular flexibility index (Phi) is 6.84. The standard InChI is InChI=1S/C46H31NO/c1-4-12-32(13-5-1)35-20-25-39(26-21-35)47(40-27-22-36(23-28-40)33-14-6-2-7-15-33)43-31-38-30-37(34-16-8-3-9-17-34)24-29-41(38)46-45(43)42-18-10-11-19-44(42)48-46/h1-31H. The second-order valence-corrected chi connectivity index (χ2v) is 12.2. The van der Waals surface area contributed by atoms with Gasteiger partial charge >= 0.3 is 0 Å². The predicted molar refractivity (Wildman–Crippen MR) is 202 cm³/mol. The summed E-state index contributed by atoms with van der Waals surface area (Å²) in [6.45, 7) is 0. The van der Waals surface area contributed by atoms with E-state index in [-0.39, 0.29) is 0 Å². The number of para-hydroxylation sites is 1. The highest BCUT2D eigenvalue weighted by Gasteiger charge is 2.22. The zero-order valence-corrected chi connectivity index (χ0v) is 26.3. The summed E-state index contributed by atoms with van der Waals surface area (Å²) in [6, 6.07) is 66.8. The molecule has 0 spiro atoms. The number of benzene rings is 8. The molecule has 0 amide bonds. The summed E-state index contributed by atoms with van der Waals surface area (Å²) in [5.41, 5.74) is 12.1. The highest BCUT2D eigenvalue weighted by Crippen LogP contribution is 2.46. The van der Waals surface area contributed by atoms with Crippen molar-refractivity contribution < 1.29 is 4.42 Å². The van der Waals surface area contributed by atoms with Crippen molar-refractivity contribution >= 4 is 49.8 Å². The summed E-state index contributed by atoms with van der Waals surface area (Å²) < 4.78 is 6.70. The number of nitrogens with zero attached hydrogens (tertiary/aromatic N) is 1. The first-order chi connectivity index (χ1) is 23.8. The topological polar surface area (TPSA) is 16.4 Å². The summed E-state index contributed by atoms with van der Waals surface area (Å²) >= 11 is 0. The molecule has 9 rings (SSSR count). The fraction of sp³-hybridized carbons (Fsp3) is 0. The van der Waals surface area contributed by atoms with Gasteiger partial charge in [-0.25, -0.2) is 0 Å². The van der Waals surface area contributed by atoms with E-state index in [9.17, 15) is 0 Å². The molecule has 1 heterocycles. The smallest absolute Gasteiger partial charge is 0.145 e. The monoisotopic (exact) mass is 613 g/mol. The van der Waals surface area contributed by atoms with Gasteiger partial charge in [-0.3, -0.25) is 0 Å². The Morgan fingerprint density at radius 1 is 0.354 bits per heavy atom. The molecule has 9 aromatic rings. The lowest BCUT2D eigenvalue weighted by Gasteiger charge is -2.27. The molecule has 2 nitrogen and oxygen atoms in total. The summed E-state index contributed by atoms with van der Waals surface area (Å²) in [5, 5.41) is 4.43. The molecule has 0 aliphatic rings. The quantitative estimate of drug-likeness (QED) is 0.185. The fourth-order valence-electron chi connectivity index (χ4n) is 6.88. The number of furan rings is 1. The second kappa shape index (κ2) is 11.8. The molecule has 0 bridgehead atoms. The lowest BCUT2D eigenvalue weighted by atomic mass is 9.97. The molecule has 0 aliphatic heterocycles. The third kappa shape index (κ3) is 4.92. The molecule has 1 aromatic heterocycles. The first-order valence-corrected chi connectivity index (χ1v) is 16.3. The lowest BCUT2D eigenvalue weighted by molar-refractivity contribution is 0.672. The zero-order valence-electron chi connectivity index (χ0n) is 26.3. The summed E-state index contributed by atoms with van der Waals surface area (Å²) in [5.74, 6) is 0. The molecule has 0 saturated heterocycles. The number of hydrogen-bond acceptors (Lipinski definition) is 2. The number of hydrogen-bond donors (Lipinski definition) is 0. The van der Waals surface area contributed by atoms with Gasteiger partial charge in [-0.05, 0) is 87.3 Å². The van der Waals surface area contributed by atoms with Crippen molar-refractivity contribution in [3.8, 4) is 33.4 Å². The number of rotatable bonds is 6. The van der Waals surface area contributed by atoms with Crippen molar-refractivity contribution in [2.75, 3.05) is 4.90 Å². The maximum Gasteiger partial charge on any atom is 0.145 e. The van der Waals surface area contributed by atoms with Crippen LogP contribution in [0, 0.1) is 0 Å². The minimum absolute atomic E-state index is 0.882. The maximum absolute atomic E-state index is 6.70. The van der Waals surface area contributed by atoms with Gasteiger partial charge in [-0.15, -0.1) is 0 Å². The van der Waals surface area contributed by atoms with E-state index < -0.39 is 0 Å². The van der Waals surface area contributed by atoms with Crippen LogP contribution in [0.15, 0.2) is 192 Å². The Labute approximate surface area is 279 Å². The van der Waals surface area contributed by atoms with Gasteiger partial charge in [0.05, 0.1) is 11.1 Å². The Morgan fingerprint density at radius 2 is 0.812 bits per heavy atom. The number of anilines is 3. The van der Waals surface area contributed by atoms with Crippen LogP contribution in [-0.2, 0) is 0 Å². The minimum Gasteiger partial charge on any atom is -0.455 e. The van der Waals surface area contributed by atoms with Crippen molar-refractivity contribution in [1.29, 1.82) is 0 Å². The Hall–Kier alpha value is -6.38. The molecule has 0 saturated carbocycles. The van der Waals surface area contributed by atoms with E-state index in [0.717, 1.165) is 49.8 Å². The Morgan fingerprint density at radius 3 is 1.38 bits per heavy atom. The highest BCUT2D eigenvalue weighted by molar-refractivity contribution is 6.22.